The second kappa shape index (κ2) is 6.74. The van der Waals surface area contributed by atoms with Crippen molar-refractivity contribution >= 4 is 11.8 Å². The van der Waals surface area contributed by atoms with Crippen LogP contribution in [0.4, 0.5) is 0 Å². The standard InChI is InChI=1S/C17H24N2O2/c1-4-13-7-5-6-8-15(13)17(21)19-11-9-14(10-12-19)16(20)18(2)3/h5-8,14H,4,9-12H2,1-3H3. The Bertz CT molecular complexity index is 517. The molecule has 1 saturated heterocycles. The molecule has 1 aliphatic heterocycles. The molecular formula is C17H24N2O2. The predicted molar refractivity (Wildman–Crippen MR) is 83.1 cm³/mol. The number of hydrogen-bond donors (Lipinski definition) is 0. The van der Waals surface area contributed by atoms with Crippen LogP contribution in [0.15, 0.2) is 24.3 Å². The van der Waals surface area contributed by atoms with Crippen LogP contribution in [0.2, 0.25) is 0 Å². The van der Waals surface area contributed by atoms with E-state index in [1.165, 1.54) is 0 Å². The Morgan fingerprint density at radius 1 is 1.19 bits per heavy atom. The summed E-state index contributed by atoms with van der Waals surface area (Å²) in [5.74, 6) is 0.338. The van der Waals surface area contributed by atoms with Gasteiger partial charge in [0, 0.05) is 38.7 Å². The quantitative estimate of drug-likeness (QED) is 0.855. The number of benzene rings is 1. The number of rotatable bonds is 3. The van der Waals surface area contributed by atoms with Crippen LogP contribution in [0, 0.1) is 5.92 Å². The van der Waals surface area contributed by atoms with Gasteiger partial charge in [-0.05, 0) is 30.9 Å². The van der Waals surface area contributed by atoms with E-state index in [4.69, 9.17) is 0 Å². The number of hydrogen-bond acceptors (Lipinski definition) is 2. The number of carbonyl (C=O) groups is 2. The molecule has 1 aromatic rings. The molecule has 1 aromatic carbocycles. The highest BCUT2D eigenvalue weighted by Gasteiger charge is 2.29. The van der Waals surface area contributed by atoms with Crippen LogP contribution in [0.5, 0.6) is 0 Å². The number of likely N-dealkylation sites (tertiary alicyclic amines) is 1. The third-order valence-corrected chi connectivity index (χ3v) is 4.20. The van der Waals surface area contributed by atoms with Gasteiger partial charge in [-0.2, -0.15) is 0 Å². The third kappa shape index (κ3) is 3.43. The minimum Gasteiger partial charge on any atom is -0.349 e. The molecular weight excluding hydrogens is 264 g/mol. The zero-order valence-electron chi connectivity index (χ0n) is 13.1. The average molecular weight is 288 g/mol. The van der Waals surface area contributed by atoms with Crippen molar-refractivity contribution in [1.82, 2.24) is 9.80 Å². The van der Waals surface area contributed by atoms with E-state index in [1.807, 2.05) is 29.2 Å². The van der Waals surface area contributed by atoms with Gasteiger partial charge in [-0.25, -0.2) is 0 Å². The molecule has 0 bridgehead atoms. The van der Waals surface area contributed by atoms with Crippen molar-refractivity contribution in [2.45, 2.75) is 26.2 Å². The smallest absolute Gasteiger partial charge is 0.254 e. The largest absolute Gasteiger partial charge is 0.349 e. The Balaban J connectivity index is 2.02. The maximum atomic E-state index is 12.6. The van der Waals surface area contributed by atoms with Crippen molar-refractivity contribution < 1.29 is 9.59 Å². The molecule has 2 rings (SSSR count). The second-order valence-corrected chi connectivity index (χ2v) is 5.81. The average Bonchev–Trinajstić information content (AvgIpc) is 2.53. The van der Waals surface area contributed by atoms with E-state index in [0.29, 0.717) is 13.1 Å². The molecule has 2 amide bonds. The second-order valence-electron chi connectivity index (χ2n) is 5.81. The molecule has 1 aliphatic rings. The lowest BCUT2D eigenvalue weighted by Crippen LogP contribution is -2.43. The molecule has 0 aromatic heterocycles. The summed E-state index contributed by atoms with van der Waals surface area (Å²) in [4.78, 5) is 28.1. The Morgan fingerprint density at radius 3 is 2.38 bits per heavy atom. The van der Waals surface area contributed by atoms with Gasteiger partial charge >= 0.3 is 0 Å². The van der Waals surface area contributed by atoms with Gasteiger partial charge < -0.3 is 9.80 Å². The molecule has 114 valence electrons. The zero-order chi connectivity index (χ0) is 15.4. The maximum absolute atomic E-state index is 12.6. The fraction of sp³-hybridized carbons (Fsp3) is 0.529. The Labute approximate surface area is 126 Å². The molecule has 0 unspecified atom stereocenters. The number of amides is 2. The maximum Gasteiger partial charge on any atom is 0.254 e. The summed E-state index contributed by atoms with van der Waals surface area (Å²) in [6, 6.07) is 7.79. The van der Waals surface area contributed by atoms with Crippen molar-refractivity contribution in [3.05, 3.63) is 35.4 Å². The Hall–Kier alpha value is -1.84. The normalized spacial score (nSPS) is 15.9. The van der Waals surface area contributed by atoms with Gasteiger partial charge in [0.15, 0.2) is 0 Å². The fourth-order valence-electron chi connectivity index (χ4n) is 2.90. The number of nitrogens with zero attached hydrogens (tertiary/aromatic N) is 2. The van der Waals surface area contributed by atoms with E-state index < -0.39 is 0 Å². The fourth-order valence-corrected chi connectivity index (χ4v) is 2.90. The first kappa shape index (κ1) is 15.5. The first-order chi connectivity index (χ1) is 10.0. The third-order valence-electron chi connectivity index (χ3n) is 4.20. The molecule has 0 atom stereocenters. The van der Waals surface area contributed by atoms with Gasteiger partial charge in [0.05, 0.1) is 0 Å². The summed E-state index contributed by atoms with van der Waals surface area (Å²) < 4.78 is 0. The minimum atomic E-state index is 0.0606. The van der Waals surface area contributed by atoms with E-state index in [1.54, 1.807) is 19.0 Å². The first-order valence-electron chi connectivity index (χ1n) is 7.63. The summed E-state index contributed by atoms with van der Waals surface area (Å²) in [7, 11) is 3.58. The van der Waals surface area contributed by atoms with Gasteiger partial charge in [0.1, 0.15) is 0 Å². The highest BCUT2D eigenvalue weighted by Crippen LogP contribution is 2.21. The molecule has 4 nitrogen and oxygen atoms in total. The lowest BCUT2D eigenvalue weighted by atomic mass is 9.94. The Kier molecular flexibility index (Phi) is 4.99. The number of carbonyl (C=O) groups excluding carboxylic acids is 2. The van der Waals surface area contributed by atoms with Crippen molar-refractivity contribution in [3.63, 3.8) is 0 Å². The first-order valence-corrected chi connectivity index (χ1v) is 7.63. The van der Waals surface area contributed by atoms with Crippen LogP contribution in [-0.4, -0.2) is 48.8 Å². The highest BCUT2D eigenvalue weighted by atomic mass is 16.2. The molecule has 0 aliphatic carbocycles. The number of piperidine rings is 1. The van der Waals surface area contributed by atoms with Crippen molar-refractivity contribution in [2.75, 3.05) is 27.2 Å². The van der Waals surface area contributed by atoms with Gasteiger partial charge in [-0.1, -0.05) is 25.1 Å². The van der Waals surface area contributed by atoms with Crippen LogP contribution in [0.3, 0.4) is 0 Å². The van der Waals surface area contributed by atoms with Crippen LogP contribution < -0.4 is 0 Å². The summed E-state index contributed by atoms with van der Waals surface area (Å²) in [6.45, 7) is 3.40. The molecule has 1 fully saturated rings. The summed E-state index contributed by atoms with van der Waals surface area (Å²) in [6.07, 6.45) is 2.38. The molecule has 0 N–H and O–H groups in total. The molecule has 4 heteroatoms. The summed E-state index contributed by atoms with van der Waals surface area (Å²) >= 11 is 0. The molecule has 1 heterocycles. The van der Waals surface area contributed by atoms with Crippen LogP contribution in [0.1, 0.15) is 35.7 Å². The van der Waals surface area contributed by atoms with Crippen LogP contribution in [-0.2, 0) is 11.2 Å². The Morgan fingerprint density at radius 2 is 1.81 bits per heavy atom. The van der Waals surface area contributed by atoms with Crippen molar-refractivity contribution in [2.24, 2.45) is 5.92 Å². The van der Waals surface area contributed by atoms with E-state index in [-0.39, 0.29) is 17.7 Å². The van der Waals surface area contributed by atoms with E-state index >= 15 is 0 Å². The summed E-state index contributed by atoms with van der Waals surface area (Å²) in [5.41, 5.74) is 1.89. The highest BCUT2D eigenvalue weighted by molar-refractivity contribution is 5.95. The summed E-state index contributed by atoms with van der Waals surface area (Å²) in [5, 5.41) is 0. The van der Waals surface area contributed by atoms with Gasteiger partial charge in [-0.15, -0.1) is 0 Å². The van der Waals surface area contributed by atoms with E-state index in [2.05, 4.69) is 6.92 Å². The molecule has 0 saturated carbocycles. The SMILES string of the molecule is CCc1ccccc1C(=O)N1CCC(C(=O)N(C)C)CC1. The van der Waals surface area contributed by atoms with Gasteiger partial charge in [-0.3, -0.25) is 9.59 Å². The van der Waals surface area contributed by atoms with Gasteiger partial charge in [0.2, 0.25) is 5.91 Å². The molecule has 0 radical (unpaired) electrons. The van der Waals surface area contributed by atoms with E-state index in [9.17, 15) is 9.59 Å². The number of aryl methyl sites for hydroxylation is 1. The minimum absolute atomic E-state index is 0.0606. The van der Waals surface area contributed by atoms with E-state index in [0.717, 1.165) is 30.4 Å². The predicted octanol–water partition coefficient (Wildman–Crippen LogP) is 2.19. The van der Waals surface area contributed by atoms with Gasteiger partial charge in [0.25, 0.3) is 5.91 Å². The van der Waals surface area contributed by atoms with Crippen molar-refractivity contribution in [3.8, 4) is 0 Å². The molecule has 21 heavy (non-hydrogen) atoms. The lowest BCUT2D eigenvalue weighted by Gasteiger charge is -2.32. The molecule has 0 spiro atoms. The monoisotopic (exact) mass is 288 g/mol. The van der Waals surface area contributed by atoms with Crippen LogP contribution in [0.25, 0.3) is 0 Å². The topological polar surface area (TPSA) is 40.6 Å². The zero-order valence-corrected chi connectivity index (χ0v) is 13.1. The van der Waals surface area contributed by atoms with Crippen LogP contribution >= 0.6 is 0 Å². The van der Waals surface area contributed by atoms with Crippen molar-refractivity contribution in [1.29, 1.82) is 0 Å². The lowest BCUT2D eigenvalue weighted by molar-refractivity contribution is -0.134.